The van der Waals surface area contributed by atoms with E-state index in [1.54, 1.807) is 12.1 Å². The van der Waals surface area contributed by atoms with Crippen molar-refractivity contribution in [3.63, 3.8) is 0 Å². The Bertz CT molecular complexity index is 1540. The summed E-state index contributed by atoms with van der Waals surface area (Å²) in [5, 5.41) is 13.6. The summed E-state index contributed by atoms with van der Waals surface area (Å²) in [4.78, 5) is 63.5. The molecule has 2 atom stereocenters. The lowest BCUT2D eigenvalue weighted by Gasteiger charge is -2.34. The number of amides is 4. The van der Waals surface area contributed by atoms with E-state index in [9.17, 15) is 24.4 Å². The Hall–Kier alpha value is -4.97. The molecule has 12 heteroatoms. The highest BCUT2D eigenvalue weighted by molar-refractivity contribution is 5.91. The van der Waals surface area contributed by atoms with Crippen molar-refractivity contribution in [2.75, 3.05) is 13.1 Å². The van der Waals surface area contributed by atoms with E-state index in [0.717, 1.165) is 51.9 Å². The van der Waals surface area contributed by atoms with Crippen molar-refractivity contribution in [3.8, 4) is 0 Å². The zero-order valence-corrected chi connectivity index (χ0v) is 25.6. The monoisotopic (exact) mass is 629 g/mol. The maximum atomic E-state index is 14.5. The smallest absolute Gasteiger partial charge is 0.429 e. The molecule has 2 fully saturated rings. The minimum Gasteiger partial charge on any atom is -0.443 e. The Kier molecular flexibility index (Phi) is 11.2. The van der Waals surface area contributed by atoms with Gasteiger partial charge in [-0.1, -0.05) is 92.4 Å². The van der Waals surface area contributed by atoms with Crippen molar-refractivity contribution in [1.82, 2.24) is 19.8 Å². The maximum absolute atomic E-state index is 14.5. The van der Waals surface area contributed by atoms with Gasteiger partial charge >= 0.3 is 6.09 Å². The third-order valence-electron chi connectivity index (χ3n) is 8.34. The van der Waals surface area contributed by atoms with Crippen molar-refractivity contribution in [2.24, 2.45) is 16.8 Å². The minimum atomic E-state index is -1.13. The van der Waals surface area contributed by atoms with Gasteiger partial charge in [-0.15, -0.1) is 0 Å². The molecule has 2 aromatic carbocycles. The van der Waals surface area contributed by atoms with Crippen LogP contribution in [0.2, 0.25) is 0 Å². The number of aromatic nitrogens is 1. The number of nitrogens with zero attached hydrogens (tertiary/aromatic N) is 5. The minimum absolute atomic E-state index is 0.0195. The normalized spacial score (nSPS) is 17.6. The van der Waals surface area contributed by atoms with Gasteiger partial charge in [-0.05, 0) is 42.0 Å². The second kappa shape index (κ2) is 15.8. The first kappa shape index (κ1) is 32.4. The summed E-state index contributed by atoms with van der Waals surface area (Å²) in [6.45, 7) is 0.0803. The van der Waals surface area contributed by atoms with Crippen LogP contribution < -0.4 is 5.49 Å². The van der Waals surface area contributed by atoms with Crippen LogP contribution >= 0.6 is 0 Å². The summed E-state index contributed by atoms with van der Waals surface area (Å²) in [6.07, 6.45) is 5.65. The number of hydrogen-bond acceptors (Lipinski definition) is 7. The zero-order valence-electron chi connectivity index (χ0n) is 25.6. The van der Waals surface area contributed by atoms with E-state index in [-0.39, 0.29) is 44.1 Å². The van der Waals surface area contributed by atoms with Crippen LogP contribution in [0.5, 0.6) is 0 Å². The fourth-order valence-electron chi connectivity index (χ4n) is 5.98. The molecular weight excluding hydrogens is 590 g/mol. The van der Waals surface area contributed by atoms with Crippen LogP contribution in [0.4, 0.5) is 4.79 Å². The number of benzene rings is 2. The molecule has 1 aliphatic heterocycles. The first-order valence-corrected chi connectivity index (χ1v) is 15.6. The van der Waals surface area contributed by atoms with Crippen LogP contribution in [-0.4, -0.2) is 68.5 Å². The summed E-state index contributed by atoms with van der Waals surface area (Å²) in [6, 6.07) is 22.0. The first-order valence-electron chi connectivity index (χ1n) is 15.6. The van der Waals surface area contributed by atoms with Crippen LogP contribution in [0.1, 0.15) is 49.7 Å². The number of hydrogen-bond donors (Lipinski definition) is 1. The van der Waals surface area contributed by atoms with Gasteiger partial charge in [0.15, 0.2) is 5.49 Å². The van der Waals surface area contributed by atoms with Crippen molar-refractivity contribution in [2.45, 2.75) is 57.8 Å². The number of carbonyl (C=O) groups is 4. The van der Waals surface area contributed by atoms with E-state index in [1.165, 1.54) is 12.3 Å². The highest BCUT2D eigenvalue weighted by Crippen LogP contribution is 2.33. The Morgan fingerprint density at radius 1 is 0.913 bits per heavy atom. The van der Waals surface area contributed by atoms with E-state index < -0.39 is 29.9 Å². The molecule has 3 aromatic rings. The van der Waals surface area contributed by atoms with Crippen molar-refractivity contribution in [1.29, 1.82) is 0 Å². The summed E-state index contributed by atoms with van der Waals surface area (Å²) in [5.74, 6) is -1.74. The molecule has 12 nitrogen and oxygen atoms in total. The van der Waals surface area contributed by atoms with Crippen LogP contribution in [0.25, 0.3) is 0 Å². The highest BCUT2D eigenvalue weighted by atomic mass is 16.7. The number of rotatable bonds is 12. The highest BCUT2D eigenvalue weighted by Gasteiger charge is 2.46. The van der Waals surface area contributed by atoms with Gasteiger partial charge in [-0.2, -0.15) is 9.72 Å². The lowest BCUT2D eigenvalue weighted by atomic mass is 9.92. The third-order valence-corrected chi connectivity index (χ3v) is 8.34. The van der Waals surface area contributed by atoms with Gasteiger partial charge in [0.05, 0.1) is 12.5 Å². The number of pyridine rings is 1. The Morgan fingerprint density at radius 3 is 2.22 bits per heavy atom. The molecule has 0 radical (unpaired) electrons. The molecular formula is C34H39N5O7. The molecule has 1 saturated carbocycles. The molecule has 5 rings (SSSR count). The molecule has 0 bridgehead atoms. The zero-order chi connectivity index (χ0) is 32.3. The molecule has 1 aromatic heterocycles. The molecule has 0 spiro atoms. The quantitative estimate of drug-likeness (QED) is 0.181. The van der Waals surface area contributed by atoms with Gasteiger partial charge in [0.1, 0.15) is 19.3 Å². The largest absolute Gasteiger partial charge is 0.443 e. The van der Waals surface area contributed by atoms with E-state index in [4.69, 9.17) is 9.57 Å². The average Bonchev–Trinajstić information content (AvgIpc) is 3.77. The van der Waals surface area contributed by atoms with Crippen LogP contribution in [-0.2, 0) is 37.2 Å². The molecule has 1 saturated heterocycles. The molecule has 2 heterocycles. The van der Waals surface area contributed by atoms with Crippen molar-refractivity contribution in [3.05, 3.63) is 102 Å². The van der Waals surface area contributed by atoms with Crippen LogP contribution in [0.3, 0.4) is 0 Å². The Morgan fingerprint density at radius 2 is 1.57 bits per heavy atom. The fourth-order valence-corrected chi connectivity index (χ4v) is 5.98. The summed E-state index contributed by atoms with van der Waals surface area (Å²) >= 11 is 0. The second-order valence-corrected chi connectivity index (χ2v) is 11.6. The summed E-state index contributed by atoms with van der Waals surface area (Å²) in [7, 11) is 0. The van der Waals surface area contributed by atoms with E-state index in [0.29, 0.717) is 17.6 Å². The van der Waals surface area contributed by atoms with Crippen molar-refractivity contribution >= 4 is 24.3 Å². The molecule has 1 N–H and O–H groups in total. The van der Waals surface area contributed by atoms with Gasteiger partial charge in [-0.3, -0.25) is 19.2 Å². The Labute approximate surface area is 267 Å². The first-order chi connectivity index (χ1) is 22.4. The predicted octanol–water partition coefficient (Wildman–Crippen LogP) is 4.09. The molecule has 2 aliphatic rings. The number of hydrazine groups is 1. The van der Waals surface area contributed by atoms with Gasteiger partial charge < -0.3 is 9.94 Å². The summed E-state index contributed by atoms with van der Waals surface area (Å²) in [5.41, 5.74) is 1.60. The molecule has 242 valence electrons. The SMILES string of the molecule is O=CN(C[C@@H](CC1CCCC1)C(=O)N1[C@H](C(=O)N=c2ccccn2O)CCN1C(=O)OCc1ccccc1)OCc1ccccc1. The molecule has 46 heavy (non-hydrogen) atoms. The lowest BCUT2D eigenvalue weighted by Crippen LogP contribution is -2.54. The second-order valence-electron chi connectivity index (χ2n) is 11.6. The van der Waals surface area contributed by atoms with Gasteiger partial charge in [0, 0.05) is 12.7 Å². The van der Waals surface area contributed by atoms with Crippen LogP contribution in [0.15, 0.2) is 90.1 Å². The Balaban J connectivity index is 1.41. The van der Waals surface area contributed by atoms with Crippen LogP contribution in [0, 0.1) is 11.8 Å². The summed E-state index contributed by atoms with van der Waals surface area (Å²) < 4.78 is 6.28. The standard InChI is InChI=1S/C34H39N5O7/c40-25-36(46-24-28-15-5-2-6-16-28)22-29(21-26-11-7-8-12-26)33(42)39-30(32(41)35-31-17-9-10-19-38(31)44)18-20-37(39)34(43)45-23-27-13-3-1-4-14-27/h1-6,9-10,13-17,19,25-26,29-30,44H,7-8,11-12,18,20-24H2/t29-,30+/m1/s1. The van der Waals surface area contributed by atoms with E-state index >= 15 is 0 Å². The number of hydroxylamine groups is 2. The van der Waals surface area contributed by atoms with E-state index in [2.05, 4.69) is 4.99 Å². The van der Waals surface area contributed by atoms with Gasteiger partial charge in [0.25, 0.3) is 5.91 Å². The molecule has 1 aliphatic carbocycles. The lowest BCUT2D eigenvalue weighted by molar-refractivity contribution is -0.185. The average molecular weight is 630 g/mol. The fraction of sp³-hybridized carbons (Fsp3) is 0.382. The van der Waals surface area contributed by atoms with Gasteiger partial charge in [-0.25, -0.2) is 19.9 Å². The van der Waals surface area contributed by atoms with Gasteiger partial charge in [0.2, 0.25) is 12.3 Å². The van der Waals surface area contributed by atoms with Crippen molar-refractivity contribution < 1.29 is 34.0 Å². The topological polar surface area (TPSA) is 134 Å². The maximum Gasteiger partial charge on any atom is 0.429 e. The van der Waals surface area contributed by atoms with E-state index in [1.807, 2.05) is 60.7 Å². The molecule has 4 amide bonds. The number of carbonyl (C=O) groups excluding carboxylic acids is 4. The number of ether oxygens (including phenoxy) is 1. The molecule has 0 unspecified atom stereocenters. The third kappa shape index (κ3) is 8.39. The predicted molar refractivity (Wildman–Crippen MR) is 165 cm³/mol.